The second kappa shape index (κ2) is 10.1. The number of aromatic nitrogens is 3. The number of imidazole rings is 1. The topological polar surface area (TPSA) is 119 Å². The lowest BCUT2D eigenvalue weighted by atomic mass is 10.0. The normalized spacial score (nSPS) is 16.4. The number of H-pyrrole nitrogens is 1. The van der Waals surface area contributed by atoms with Crippen LogP contribution < -0.4 is 4.90 Å². The van der Waals surface area contributed by atoms with Gasteiger partial charge in [0.25, 0.3) is 5.91 Å². The molecule has 9 nitrogen and oxygen atoms in total. The zero-order valence-corrected chi connectivity index (χ0v) is 19.1. The molecule has 1 aromatic carbocycles. The molecule has 0 bridgehead atoms. The molecule has 15 heteroatoms. The molecule has 3 aromatic rings. The van der Waals surface area contributed by atoms with Crippen LogP contribution in [0.25, 0.3) is 11.0 Å². The van der Waals surface area contributed by atoms with Gasteiger partial charge in [-0.05, 0) is 41.8 Å². The number of alkyl halides is 6. The number of fused-ring (bicyclic) bond motifs is 1. The molecule has 2 N–H and O–H groups in total. The molecule has 0 spiro atoms. The molecule has 4 rings (SSSR count). The summed E-state index contributed by atoms with van der Waals surface area (Å²) in [5, 5.41) is 7.12. The summed E-state index contributed by atoms with van der Waals surface area (Å²) in [4.78, 5) is 47.3. The second-order valence-electron chi connectivity index (χ2n) is 8.22. The Kier molecular flexibility index (Phi) is 7.46. The summed E-state index contributed by atoms with van der Waals surface area (Å²) in [5.41, 5.74) is 1.20. The van der Waals surface area contributed by atoms with E-state index in [1.165, 1.54) is 23.1 Å². The minimum absolute atomic E-state index is 0.0918. The molecule has 3 amide bonds. The van der Waals surface area contributed by atoms with Crippen LogP contribution >= 0.6 is 0 Å². The van der Waals surface area contributed by atoms with E-state index in [-0.39, 0.29) is 29.2 Å². The number of nitrogens with one attached hydrogen (secondary N) is 1. The molecule has 1 atom stereocenters. The molecule has 1 aliphatic heterocycles. The van der Waals surface area contributed by atoms with Crippen LogP contribution in [0.1, 0.15) is 25.2 Å². The van der Waals surface area contributed by atoms with Crippen molar-refractivity contribution in [1.29, 1.82) is 0 Å². The molecule has 2 aromatic heterocycles. The van der Waals surface area contributed by atoms with Gasteiger partial charge in [0.05, 0.1) is 16.7 Å². The van der Waals surface area contributed by atoms with Crippen molar-refractivity contribution in [3.05, 3.63) is 54.1 Å². The fourth-order valence-corrected chi connectivity index (χ4v) is 3.61. The van der Waals surface area contributed by atoms with E-state index in [1.807, 2.05) is 13.8 Å². The van der Waals surface area contributed by atoms with E-state index >= 15 is 0 Å². The summed E-state index contributed by atoms with van der Waals surface area (Å²) in [6.07, 6.45) is -6.50. The highest BCUT2D eigenvalue weighted by Crippen LogP contribution is 2.33. The Balaban J connectivity index is 0.000000479. The third-order valence-electron chi connectivity index (χ3n) is 5.21. The average Bonchev–Trinajstić information content (AvgIpc) is 3.32. The molecule has 0 radical (unpaired) electrons. The van der Waals surface area contributed by atoms with Crippen LogP contribution in [0.3, 0.4) is 0 Å². The Morgan fingerprint density at radius 3 is 2.19 bits per heavy atom. The smallest absolute Gasteiger partial charge is 0.475 e. The highest BCUT2D eigenvalue weighted by molar-refractivity contribution is 6.21. The molecule has 1 fully saturated rings. The van der Waals surface area contributed by atoms with Gasteiger partial charge in [0.1, 0.15) is 6.04 Å². The second-order valence-corrected chi connectivity index (χ2v) is 8.22. The standard InChI is InChI=1S/C20H18F3N5O2.C2HF3O2/c1-11(2)16-17(29)28(19(30)27(16)10-12-5-7-24-8-6-12)13-3-4-14-15(9-13)26-18(25-14)20(21,22)23;3-2(4,5)1(6)7/h3-9,11,16H,10H2,1-2H3,(H,25,26);(H,6,7). The quantitative estimate of drug-likeness (QED) is 0.375. The highest BCUT2D eigenvalue weighted by Gasteiger charge is 2.47. The zero-order chi connectivity index (χ0) is 27.7. The number of carbonyl (C=O) groups is 3. The Morgan fingerprint density at radius 1 is 1.08 bits per heavy atom. The number of halogens is 6. The van der Waals surface area contributed by atoms with Crippen LogP contribution in [-0.4, -0.2) is 55.1 Å². The van der Waals surface area contributed by atoms with Crippen molar-refractivity contribution >= 4 is 34.6 Å². The lowest BCUT2D eigenvalue weighted by molar-refractivity contribution is -0.192. The van der Waals surface area contributed by atoms with E-state index in [0.717, 1.165) is 10.5 Å². The van der Waals surface area contributed by atoms with Crippen LogP contribution in [-0.2, 0) is 22.3 Å². The van der Waals surface area contributed by atoms with E-state index in [4.69, 9.17) is 9.90 Å². The molecule has 37 heavy (non-hydrogen) atoms. The van der Waals surface area contributed by atoms with Gasteiger partial charge in [-0.25, -0.2) is 19.5 Å². The van der Waals surface area contributed by atoms with Crippen LogP contribution in [0.5, 0.6) is 0 Å². The third kappa shape index (κ3) is 5.98. The van der Waals surface area contributed by atoms with E-state index in [0.29, 0.717) is 0 Å². The Hall–Kier alpha value is -4.17. The summed E-state index contributed by atoms with van der Waals surface area (Å²) >= 11 is 0. The van der Waals surface area contributed by atoms with Crippen LogP contribution in [0, 0.1) is 5.92 Å². The predicted molar refractivity (Wildman–Crippen MR) is 116 cm³/mol. The fraction of sp³-hybridized carbons (Fsp3) is 0.318. The van der Waals surface area contributed by atoms with Gasteiger partial charge in [0.15, 0.2) is 0 Å². The van der Waals surface area contributed by atoms with Crippen molar-refractivity contribution in [2.75, 3.05) is 4.90 Å². The lowest BCUT2D eigenvalue weighted by Crippen LogP contribution is -2.38. The highest BCUT2D eigenvalue weighted by atomic mass is 19.4. The fourth-order valence-electron chi connectivity index (χ4n) is 3.61. The molecule has 0 saturated carbocycles. The van der Waals surface area contributed by atoms with Crippen LogP contribution in [0.2, 0.25) is 0 Å². The largest absolute Gasteiger partial charge is 0.490 e. The first kappa shape index (κ1) is 27.4. The van der Waals surface area contributed by atoms with Gasteiger partial charge in [-0.1, -0.05) is 13.8 Å². The number of carboxylic acid groups (broad SMARTS) is 1. The van der Waals surface area contributed by atoms with E-state index < -0.39 is 42.1 Å². The molecule has 1 aliphatic rings. The number of rotatable bonds is 4. The SMILES string of the molecule is CC(C)C1C(=O)N(c2ccc3nc(C(F)(F)F)[nH]c3c2)C(=O)N1Cc1ccncc1.O=C(O)C(F)(F)F. The van der Waals surface area contributed by atoms with Gasteiger partial charge in [0, 0.05) is 18.9 Å². The molecular formula is C22H19F6N5O4. The van der Waals surface area contributed by atoms with Crippen molar-refractivity contribution in [2.24, 2.45) is 5.92 Å². The minimum Gasteiger partial charge on any atom is -0.475 e. The summed E-state index contributed by atoms with van der Waals surface area (Å²) in [6, 6.07) is 6.42. The predicted octanol–water partition coefficient (Wildman–Crippen LogP) is 4.60. The number of aliphatic carboxylic acids is 1. The summed E-state index contributed by atoms with van der Waals surface area (Å²) in [5.74, 6) is -4.46. The van der Waals surface area contributed by atoms with Crippen molar-refractivity contribution < 1.29 is 45.8 Å². The van der Waals surface area contributed by atoms with Gasteiger partial charge in [-0.2, -0.15) is 26.3 Å². The summed E-state index contributed by atoms with van der Waals surface area (Å²) in [7, 11) is 0. The number of amides is 3. The first-order chi connectivity index (χ1) is 17.1. The van der Waals surface area contributed by atoms with E-state index in [9.17, 15) is 35.9 Å². The number of imide groups is 1. The number of urea groups is 1. The van der Waals surface area contributed by atoms with Crippen molar-refractivity contribution in [1.82, 2.24) is 19.9 Å². The number of hydrogen-bond acceptors (Lipinski definition) is 5. The first-order valence-electron chi connectivity index (χ1n) is 10.5. The zero-order valence-electron chi connectivity index (χ0n) is 19.1. The maximum atomic E-state index is 13.1. The van der Waals surface area contributed by atoms with Crippen molar-refractivity contribution in [2.45, 2.75) is 38.8 Å². The molecule has 1 unspecified atom stereocenters. The van der Waals surface area contributed by atoms with Gasteiger partial charge in [-0.15, -0.1) is 0 Å². The molecule has 0 aliphatic carbocycles. The number of carboxylic acids is 1. The summed E-state index contributed by atoms with van der Waals surface area (Å²) < 4.78 is 70.5. The van der Waals surface area contributed by atoms with E-state index in [1.54, 1.807) is 24.5 Å². The number of aromatic amines is 1. The Bertz CT molecular complexity index is 1310. The average molecular weight is 531 g/mol. The maximum absolute atomic E-state index is 13.1. The third-order valence-corrected chi connectivity index (χ3v) is 5.21. The number of anilines is 1. The Morgan fingerprint density at radius 2 is 1.68 bits per heavy atom. The molecule has 3 heterocycles. The monoisotopic (exact) mass is 531 g/mol. The number of benzene rings is 1. The van der Waals surface area contributed by atoms with Gasteiger partial charge in [-0.3, -0.25) is 9.78 Å². The van der Waals surface area contributed by atoms with Gasteiger partial charge < -0.3 is 15.0 Å². The van der Waals surface area contributed by atoms with Gasteiger partial charge >= 0.3 is 24.4 Å². The van der Waals surface area contributed by atoms with Crippen molar-refractivity contribution in [3.63, 3.8) is 0 Å². The molecule has 1 saturated heterocycles. The molecular weight excluding hydrogens is 512 g/mol. The van der Waals surface area contributed by atoms with Gasteiger partial charge in [0.2, 0.25) is 5.82 Å². The lowest BCUT2D eigenvalue weighted by Gasteiger charge is -2.24. The number of carbonyl (C=O) groups excluding carboxylic acids is 2. The minimum atomic E-state index is -5.08. The van der Waals surface area contributed by atoms with Crippen molar-refractivity contribution in [3.8, 4) is 0 Å². The van der Waals surface area contributed by atoms with Crippen LogP contribution in [0.4, 0.5) is 36.8 Å². The molecule has 198 valence electrons. The van der Waals surface area contributed by atoms with Crippen LogP contribution in [0.15, 0.2) is 42.7 Å². The maximum Gasteiger partial charge on any atom is 0.490 e. The number of hydrogen-bond donors (Lipinski definition) is 2. The first-order valence-corrected chi connectivity index (χ1v) is 10.5. The Labute approximate surface area is 204 Å². The summed E-state index contributed by atoms with van der Waals surface area (Å²) in [6.45, 7) is 3.90. The number of pyridine rings is 1. The van der Waals surface area contributed by atoms with E-state index in [2.05, 4.69) is 15.0 Å². The number of nitrogens with zero attached hydrogens (tertiary/aromatic N) is 4.